The van der Waals surface area contributed by atoms with Gasteiger partial charge >= 0.3 is 6.03 Å². The largest absolute Gasteiger partial charge is 0.365 e. The minimum absolute atomic E-state index is 0.0518. The van der Waals surface area contributed by atoms with Gasteiger partial charge in [-0.25, -0.2) is 18.3 Å². The van der Waals surface area contributed by atoms with E-state index in [-0.39, 0.29) is 11.3 Å². The second-order valence-corrected chi connectivity index (χ2v) is 10.8. The van der Waals surface area contributed by atoms with Crippen LogP contribution in [0.4, 0.5) is 25.0 Å². The minimum atomic E-state index is -0.973. The maximum Gasteiger partial charge on any atom is 0.316 e. The topological polar surface area (TPSA) is 76.2 Å². The first-order chi connectivity index (χ1) is 18.7. The number of carbonyl (C=O) groups excluding carboxylic acids is 1. The van der Waals surface area contributed by atoms with Crippen molar-refractivity contribution in [2.45, 2.75) is 45.6 Å². The number of anilines is 2. The van der Waals surface area contributed by atoms with Crippen LogP contribution in [0.1, 0.15) is 46.7 Å². The lowest BCUT2D eigenvalue weighted by atomic mass is 9.98. The second-order valence-electron chi connectivity index (χ2n) is 10.4. The Kier molecular flexibility index (Phi) is 6.30. The third-order valence-corrected chi connectivity index (χ3v) is 7.92. The Morgan fingerprint density at radius 1 is 1.08 bits per heavy atom. The fraction of sp³-hybridized carbons (Fsp3) is 0.267. The first-order valence-corrected chi connectivity index (χ1v) is 13.4. The lowest BCUT2D eigenvalue weighted by Crippen LogP contribution is -2.30. The van der Waals surface area contributed by atoms with E-state index in [0.29, 0.717) is 36.1 Å². The molecule has 0 unspecified atom stereocenters. The minimum Gasteiger partial charge on any atom is -0.365 e. The normalized spacial score (nSPS) is 14.8. The molecule has 3 N–H and O–H groups in total. The predicted octanol–water partition coefficient (Wildman–Crippen LogP) is 7.02. The van der Waals surface area contributed by atoms with Crippen LogP contribution in [0, 0.1) is 25.5 Å². The lowest BCUT2D eigenvalue weighted by Gasteiger charge is -2.30. The van der Waals surface area contributed by atoms with Crippen molar-refractivity contribution in [3.63, 3.8) is 0 Å². The summed E-state index contributed by atoms with van der Waals surface area (Å²) in [4.78, 5) is 13.5. The summed E-state index contributed by atoms with van der Waals surface area (Å²) < 4.78 is 32.5. The van der Waals surface area contributed by atoms with Crippen molar-refractivity contribution in [1.29, 1.82) is 0 Å². The van der Waals surface area contributed by atoms with E-state index in [1.807, 2.05) is 38.1 Å². The number of nitrogens with one attached hydrogen (secondary N) is 1. The van der Waals surface area contributed by atoms with Crippen molar-refractivity contribution in [1.82, 2.24) is 9.78 Å². The fourth-order valence-corrected chi connectivity index (χ4v) is 5.87. The van der Waals surface area contributed by atoms with E-state index in [4.69, 9.17) is 22.4 Å². The highest BCUT2D eigenvalue weighted by molar-refractivity contribution is 6.33. The van der Waals surface area contributed by atoms with Gasteiger partial charge in [0.05, 0.1) is 33.5 Å². The lowest BCUT2D eigenvalue weighted by molar-refractivity contribution is 0.259. The van der Waals surface area contributed by atoms with Gasteiger partial charge in [-0.2, -0.15) is 5.10 Å². The van der Waals surface area contributed by atoms with E-state index >= 15 is 8.78 Å². The number of aryl methyl sites for hydroxylation is 2. The highest BCUT2D eigenvalue weighted by atomic mass is 35.5. The zero-order chi connectivity index (χ0) is 27.4. The molecule has 1 fully saturated rings. The number of halogens is 3. The third kappa shape index (κ3) is 4.63. The standard InChI is InChI=1S/C30H28ClF2N5O/c1-16-4-3-5-17(2)28(16)38-29(20-13-24(33)26(14-23(20)32)35-30(34)39)21-15-37(11-10-25(21)36-38)27-9-8-19(12-22(27)31)18-6-7-18/h3-5,8-9,12-14,18H,6-7,10-11,15H2,1-2H3,(H3,34,35,39). The van der Waals surface area contributed by atoms with Crippen molar-refractivity contribution in [2.24, 2.45) is 5.73 Å². The van der Waals surface area contributed by atoms with Gasteiger partial charge < -0.3 is 16.0 Å². The van der Waals surface area contributed by atoms with Crippen LogP contribution >= 0.6 is 11.6 Å². The van der Waals surface area contributed by atoms with Gasteiger partial charge in [-0.3, -0.25) is 0 Å². The Bertz CT molecular complexity index is 1610. The molecule has 39 heavy (non-hydrogen) atoms. The molecule has 1 aliphatic heterocycles. The molecular weight excluding hydrogens is 520 g/mol. The van der Waals surface area contributed by atoms with Gasteiger partial charge in [0.15, 0.2) is 0 Å². The number of nitrogens with zero attached hydrogens (tertiary/aromatic N) is 3. The van der Waals surface area contributed by atoms with Crippen LogP contribution in [-0.4, -0.2) is 22.4 Å². The van der Waals surface area contributed by atoms with Crippen LogP contribution in [0.3, 0.4) is 0 Å². The molecule has 200 valence electrons. The third-order valence-electron chi connectivity index (χ3n) is 7.62. The average Bonchev–Trinajstić information content (AvgIpc) is 3.67. The first kappa shape index (κ1) is 25.4. The molecule has 0 spiro atoms. The molecule has 0 bridgehead atoms. The van der Waals surface area contributed by atoms with Gasteiger partial charge in [0.1, 0.15) is 11.6 Å². The number of urea groups is 1. The molecule has 1 saturated carbocycles. The van der Waals surface area contributed by atoms with E-state index < -0.39 is 17.7 Å². The van der Waals surface area contributed by atoms with Gasteiger partial charge in [-0.1, -0.05) is 35.9 Å². The van der Waals surface area contributed by atoms with E-state index in [1.165, 1.54) is 18.4 Å². The van der Waals surface area contributed by atoms with Gasteiger partial charge in [-0.05, 0) is 67.5 Å². The van der Waals surface area contributed by atoms with Crippen molar-refractivity contribution in [3.8, 4) is 16.9 Å². The summed E-state index contributed by atoms with van der Waals surface area (Å²) in [6, 6.07) is 13.2. The molecular formula is C30H28ClF2N5O. The van der Waals surface area contributed by atoms with Crippen molar-refractivity contribution in [2.75, 3.05) is 16.8 Å². The predicted molar refractivity (Wildman–Crippen MR) is 150 cm³/mol. The Hall–Kier alpha value is -3.91. The summed E-state index contributed by atoms with van der Waals surface area (Å²) in [5.41, 5.74) is 11.9. The van der Waals surface area contributed by atoms with Crippen molar-refractivity contribution >= 4 is 29.0 Å². The van der Waals surface area contributed by atoms with Crippen LogP contribution in [0.5, 0.6) is 0 Å². The second kappa shape index (κ2) is 9.68. The zero-order valence-corrected chi connectivity index (χ0v) is 22.4. The van der Waals surface area contributed by atoms with Gasteiger partial charge in [0, 0.05) is 36.7 Å². The number of benzene rings is 3. The smallest absolute Gasteiger partial charge is 0.316 e. The van der Waals surface area contributed by atoms with Crippen molar-refractivity contribution in [3.05, 3.63) is 93.1 Å². The van der Waals surface area contributed by atoms with E-state index in [1.54, 1.807) is 4.68 Å². The maximum atomic E-state index is 15.7. The molecule has 6 rings (SSSR count). The monoisotopic (exact) mass is 547 g/mol. The molecule has 1 aromatic heterocycles. The molecule has 6 nitrogen and oxygen atoms in total. The molecule has 0 radical (unpaired) electrons. The van der Waals surface area contributed by atoms with Crippen LogP contribution in [0.25, 0.3) is 16.9 Å². The summed E-state index contributed by atoms with van der Waals surface area (Å²) in [5.74, 6) is -0.893. The zero-order valence-electron chi connectivity index (χ0n) is 21.7. The fourth-order valence-electron chi connectivity index (χ4n) is 5.56. The number of fused-ring (bicyclic) bond motifs is 1. The number of hydrogen-bond acceptors (Lipinski definition) is 3. The van der Waals surface area contributed by atoms with Gasteiger partial charge in [-0.15, -0.1) is 0 Å². The Labute approximate surface area is 230 Å². The number of para-hydroxylation sites is 1. The number of carbonyl (C=O) groups is 1. The summed E-state index contributed by atoms with van der Waals surface area (Å²) >= 11 is 6.75. The average molecular weight is 548 g/mol. The van der Waals surface area contributed by atoms with Crippen LogP contribution in [-0.2, 0) is 13.0 Å². The molecule has 2 heterocycles. The number of rotatable bonds is 5. The first-order valence-electron chi connectivity index (χ1n) is 13.0. The summed E-state index contributed by atoms with van der Waals surface area (Å²) in [7, 11) is 0. The molecule has 3 aromatic carbocycles. The molecule has 2 aliphatic rings. The number of amides is 2. The van der Waals surface area contributed by atoms with Crippen LogP contribution in [0.2, 0.25) is 5.02 Å². The Balaban J connectivity index is 1.50. The molecule has 4 aromatic rings. The summed E-state index contributed by atoms with van der Waals surface area (Å²) in [5, 5.41) is 7.76. The van der Waals surface area contributed by atoms with Gasteiger partial charge in [0.25, 0.3) is 0 Å². The number of aromatic nitrogens is 2. The highest BCUT2D eigenvalue weighted by Gasteiger charge is 2.31. The summed E-state index contributed by atoms with van der Waals surface area (Å²) in [6.07, 6.45) is 3.01. The van der Waals surface area contributed by atoms with E-state index in [2.05, 4.69) is 22.3 Å². The molecule has 9 heteroatoms. The quantitative estimate of drug-likeness (QED) is 0.282. The number of hydrogen-bond donors (Lipinski definition) is 2. The number of primary amides is 1. The van der Waals surface area contributed by atoms with E-state index in [0.717, 1.165) is 45.9 Å². The maximum absolute atomic E-state index is 15.7. The Morgan fingerprint density at radius 3 is 2.49 bits per heavy atom. The molecule has 0 saturated heterocycles. The number of nitrogens with two attached hydrogens (primary N) is 1. The summed E-state index contributed by atoms with van der Waals surface area (Å²) in [6.45, 7) is 5.06. The van der Waals surface area contributed by atoms with Crippen LogP contribution in [0.15, 0.2) is 48.5 Å². The SMILES string of the molecule is Cc1cccc(C)c1-n1nc2c(c1-c1cc(F)c(NC(N)=O)cc1F)CN(c1ccc(C3CC3)cc1Cl)CC2. The van der Waals surface area contributed by atoms with Gasteiger partial charge in [0.2, 0.25) is 0 Å². The van der Waals surface area contributed by atoms with E-state index in [9.17, 15) is 4.79 Å². The molecule has 0 atom stereocenters. The van der Waals surface area contributed by atoms with Crippen LogP contribution < -0.4 is 16.0 Å². The Morgan fingerprint density at radius 2 is 1.82 bits per heavy atom. The molecule has 1 aliphatic carbocycles. The molecule has 2 amide bonds. The van der Waals surface area contributed by atoms with Crippen molar-refractivity contribution < 1.29 is 13.6 Å². The highest BCUT2D eigenvalue weighted by Crippen LogP contribution is 2.43.